The van der Waals surface area contributed by atoms with Gasteiger partial charge in [0, 0.05) is 15.6 Å². The van der Waals surface area contributed by atoms with Gasteiger partial charge in [0.15, 0.2) is 12.4 Å². The number of nitrogens with zero attached hydrogens (tertiary/aromatic N) is 3. The van der Waals surface area contributed by atoms with E-state index in [1.54, 1.807) is 42.5 Å². The van der Waals surface area contributed by atoms with Crippen molar-refractivity contribution in [2.24, 2.45) is 5.10 Å². The topological polar surface area (TPSA) is 94.8 Å². The van der Waals surface area contributed by atoms with E-state index in [0.29, 0.717) is 34.6 Å². The van der Waals surface area contributed by atoms with Gasteiger partial charge in [-0.1, -0.05) is 54.0 Å². The van der Waals surface area contributed by atoms with Crippen LogP contribution in [0.3, 0.4) is 0 Å². The first-order valence-electron chi connectivity index (χ1n) is 14.5. The van der Waals surface area contributed by atoms with Crippen molar-refractivity contribution in [3.8, 4) is 22.9 Å². The van der Waals surface area contributed by atoms with Crippen LogP contribution in [0, 0.1) is 12.7 Å². The number of carbonyl (C=O) groups excluding carboxylic acids is 1. The lowest BCUT2D eigenvalue weighted by molar-refractivity contribution is -0.118. The van der Waals surface area contributed by atoms with Crippen LogP contribution in [-0.2, 0) is 4.79 Å². The van der Waals surface area contributed by atoms with Crippen molar-refractivity contribution >= 4 is 44.6 Å². The summed E-state index contributed by atoms with van der Waals surface area (Å²) < 4.78 is 27.7. The van der Waals surface area contributed by atoms with Crippen LogP contribution < -0.4 is 20.3 Å². The number of aryl methyl sites for hydroxylation is 1. The molecule has 5 rings (SSSR count). The van der Waals surface area contributed by atoms with Crippen LogP contribution in [0.15, 0.2) is 93.2 Å². The Morgan fingerprint density at radius 3 is 2.56 bits per heavy atom. The summed E-state index contributed by atoms with van der Waals surface area (Å²) in [6.07, 6.45) is 1.49. The van der Waals surface area contributed by atoms with Gasteiger partial charge in [-0.15, -0.1) is 0 Å². The Morgan fingerprint density at radius 1 is 1.04 bits per heavy atom. The molecule has 1 heterocycles. The van der Waals surface area contributed by atoms with Crippen LogP contribution >= 0.6 is 15.9 Å². The van der Waals surface area contributed by atoms with E-state index in [9.17, 15) is 14.0 Å². The number of ether oxygens (including phenoxy) is 2. The Morgan fingerprint density at radius 2 is 1.80 bits per heavy atom. The number of anilines is 1. The lowest BCUT2D eigenvalue weighted by Gasteiger charge is -2.18. The monoisotopic (exact) mass is 670 g/mol. The maximum Gasteiger partial charge on any atom is 0.282 e. The molecule has 5 aromatic rings. The summed E-state index contributed by atoms with van der Waals surface area (Å²) >= 11 is 3.47. The Kier molecular flexibility index (Phi) is 9.73. The van der Waals surface area contributed by atoms with Crippen molar-refractivity contribution < 1.29 is 18.7 Å². The number of carbonyl (C=O) groups is 1. The third-order valence-corrected chi connectivity index (χ3v) is 7.56. The van der Waals surface area contributed by atoms with Gasteiger partial charge in [0.25, 0.3) is 11.5 Å². The number of fused-ring (bicyclic) bond motifs is 1. The van der Waals surface area contributed by atoms with Crippen molar-refractivity contribution in [1.82, 2.24) is 9.66 Å². The van der Waals surface area contributed by atoms with Gasteiger partial charge in [0.2, 0.25) is 0 Å². The molecule has 0 bridgehead atoms. The van der Waals surface area contributed by atoms with Gasteiger partial charge in [0.1, 0.15) is 17.3 Å². The van der Waals surface area contributed by atoms with Crippen LogP contribution in [0.4, 0.5) is 10.1 Å². The maximum absolute atomic E-state index is 14.0. The molecule has 0 saturated carbocycles. The molecule has 0 atom stereocenters. The van der Waals surface area contributed by atoms with E-state index >= 15 is 0 Å². The van der Waals surface area contributed by atoms with E-state index in [4.69, 9.17) is 14.5 Å². The average Bonchev–Trinajstić information content (AvgIpc) is 3.01. The molecule has 0 spiro atoms. The van der Waals surface area contributed by atoms with Crippen molar-refractivity contribution in [3.63, 3.8) is 0 Å². The Bertz CT molecular complexity index is 1970. The zero-order valence-corrected chi connectivity index (χ0v) is 26.9. The van der Waals surface area contributed by atoms with Crippen molar-refractivity contribution in [2.75, 3.05) is 18.5 Å². The number of para-hydroxylation sites is 2. The van der Waals surface area contributed by atoms with E-state index in [-0.39, 0.29) is 23.8 Å². The molecule has 0 unspecified atom stereocenters. The third-order valence-electron chi connectivity index (χ3n) is 7.06. The van der Waals surface area contributed by atoms with Crippen molar-refractivity contribution in [3.05, 3.63) is 116 Å². The highest BCUT2D eigenvalue weighted by molar-refractivity contribution is 9.10. The van der Waals surface area contributed by atoms with E-state index in [1.807, 2.05) is 32.0 Å². The van der Waals surface area contributed by atoms with Crippen LogP contribution in [-0.4, -0.2) is 35.0 Å². The molecule has 230 valence electrons. The number of halogens is 2. The highest BCUT2D eigenvalue weighted by Crippen LogP contribution is 2.34. The fourth-order valence-electron chi connectivity index (χ4n) is 4.84. The molecule has 0 aliphatic heterocycles. The SMILES string of the molecule is CCOc1cc(C)c(-c2nc3ccccc3c(=O)n2N=Cc2cc(Br)ccc2OCC(=O)Nc2ccccc2F)cc1C(C)C. The largest absolute Gasteiger partial charge is 0.494 e. The van der Waals surface area contributed by atoms with Gasteiger partial charge in [-0.05, 0) is 85.5 Å². The maximum atomic E-state index is 14.0. The molecule has 0 aliphatic rings. The fourth-order valence-corrected chi connectivity index (χ4v) is 5.22. The van der Waals surface area contributed by atoms with Crippen LogP contribution in [0.5, 0.6) is 11.5 Å². The van der Waals surface area contributed by atoms with E-state index in [2.05, 4.69) is 40.2 Å². The highest BCUT2D eigenvalue weighted by atomic mass is 79.9. The quantitative estimate of drug-likeness (QED) is 0.154. The lowest BCUT2D eigenvalue weighted by Crippen LogP contribution is -2.21. The third kappa shape index (κ3) is 7.12. The molecular formula is C35H32BrFN4O4. The smallest absolute Gasteiger partial charge is 0.282 e. The van der Waals surface area contributed by atoms with Crippen LogP contribution in [0.2, 0.25) is 0 Å². The Labute approximate surface area is 268 Å². The van der Waals surface area contributed by atoms with E-state index in [1.165, 1.54) is 29.1 Å². The molecule has 0 radical (unpaired) electrons. The molecular weight excluding hydrogens is 639 g/mol. The summed E-state index contributed by atoms with van der Waals surface area (Å²) in [7, 11) is 0. The molecule has 45 heavy (non-hydrogen) atoms. The van der Waals surface area contributed by atoms with Gasteiger partial charge in [0.05, 0.1) is 29.4 Å². The molecule has 0 aliphatic carbocycles. The minimum absolute atomic E-state index is 0.0598. The first-order valence-corrected chi connectivity index (χ1v) is 15.3. The predicted octanol–water partition coefficient (Wildman–Crippen LogP) is 7.70. The highest BCUT2D eigenvalue weighted by Gasteiger charge is 2.19. The van der Waals surface area contributed by atoms with E-state index in [0.717, 1.165) is 26.9 Å². The first kappa shape index (κ1) is 31.6. The number of hydrogen-bond donors (Lipinski definition) is 1. The molecule has 8 nitrogen and oxygen atoms in total. The lowest BCUT2D eigenvalue weighted by atomic mass is 9.96. The second-order valence-electron chi connectivity index (χ2n) is 10.6. The molecule has 1 amide bonds. The molecule has 1 N–H and O–H groups in total. The summed E-state index contributed by atoms with van der Waals surface area (Å²) in [6.45, 7) is 8.22. The number of aromatic nitrogens is 2. The normalized spacial score (nSPS) is 11.4. The van der Waals surface area contributed by atoms with Crippen molar-refractivity contribution in [1.29, 1.82) is 0 Å². The number of hydrogen-bond acceptors (Lipinski definition) is 6. The van der Waals surface area contributed by atoms with Crippen molar-refractivity contribution in [2.45, 2.75) is 33.6 Å². The van der Waals surface area contributed by atoms with Gasteiger partial charge < -0.3 is 14.8 Å². The summed E-state index contributed by atoms with van der Waals surface area (Å²) in [5.41, 5.74) is 3.39. The van der Waals surface area contributed by atoms with Crippen LogP contribution in [0.25, 0.3) is 22.3 Å². The van der Waals surface area contributed by atoms with Gasteiger partial charge >= 0.3 is 0 Å². The predicted molar refractivity (Wildman–Crippen MR) is 179 cm³/mol. The van der Waals surface area contributed by atoms with Crippen LogP contribution in [0.1, 0.15) is 43.4 Å². The number of benzene rings is 4. The minimum atomic E-state index is -0.546. The zero-order chi connectivity index (χ0) is 32.1. The van der Waals surface area contributed by atoms with Gasteiger partial charge in [-0.25, -0.2) is 9.37 Å². The molecule has 1 aromatic heterocycles. The average molecular weight is 672 g/mol. The summed E-state index contributed by atoms with van der Waals surface area (Å²) in [4.78, 5) is 31.3. The fraction of sp³-hybridized carbons (Fsp3) is 0.200. The standard InChI is InChI=1S/C35H32BrFN4O4/c1-5-44-32-16-22(4)27(18-26(32)21(2)3)34-40-29-12-8-6-10-25(29)35(43)41(34)38-19-23-17-24(36)14-15-31(23)45-20-33(42)39-30-13-9-7-11-28(30)37/h6-19,21H,5,20H2,1-4H3,(H,39,42). The Hall–Kier alpha value is -4.83. The summed E-state index contributed by atoms with van der Waals surface area (Å²) in [5.74, 6) is 0.590. The number of rotatable bonds is 10. The number of nitrogens with one attached hydrogen (secondary N) is 1. The summed E-state index contributed by atoms with van der Waals surface area (Å²) in [5, 5.41) is 7.54. The Balaban J connectivity index is 1.55. The molecule has 0 saturated heterocycles. The number of amides is 1. The minimum Gasteiger partial charge on any atom is -0.494 e. The molecule has 4 aromatic carbocycles. The van der Waals surface area contributed by atoms with Gasteiger partial charge in [-0.3, -0.25) is 9.59 Å². The van der Waals surface area contributed by atoms with E-state index < -0.39 is 11.7 Å². The zero-order valence-electron chi connectivity index (χ0n) is 25.3. The first-order chi connectivity index (χ1) is 21.7. The second kappa shape index (κ2) is 13.9. The molecule has 0 fully saturated rings. The second-order valence-corrected chi connectivity index (χ2v) is 11.5. The van der Waals surface area contributed by atoms with Gasteiger partial charge in [-0.2, -0.15) is 9.78 Å². The summed E-state index contributed by atoms with van der Waals surface area (Å²) in [6, 6.07) is 22.2. The molecule has 10 heteroatoms.